The highest BCUT2D eigenvalue weighted by molar-refractivity contribution is 7.15. The van der Waals surface area contributed by atoms with Crippen LogP contribution in [0.4, 0.5) is 4.39 Å². The smallest absolute Gasteiger partial charge is 0.254 e. The van der Waals surface area contributed by atoms with E-state index in [1.165, 1.54) is 12.1 Å². The van der Waals surface area contributed by atoms with E-state index in [1.54, 1.807) is 29.7 Å². The average molecular weight is 496 g/mol. The van der Waals surface area contributed by atoms with E-state index in [1.807, 2.05) is 65.7 Å². The first-order chi connectivity index (χ1) is 17.6. The number of hydrogen-bond donors (Lipinski definition) is 0. The van der Waals surface area contributed by atoms with Gasteiger partial charge in [-0.2, -0.15) is 0 Å². The highest BCUT2D eigenvalue weighted by atomic mass is 32.1. The highest BCUT2D eigenvalue weighted by Crippen LogP contribution is 2.25. The summed E-state index contributed by atoms with van der Waals surface area (Å²) in [6, 6.07) is 23.9. The lowest BCUT2D eigenvalue weighted by atomic mass is 10.1. The third-order valence-electron chi connectivity index (χ3n) is 6.27. The molecule has 36 heavy (non-hydrogen) atoms. The third kappa shape index (κ3) is 4.41. The van der Waals surface area contributed by atoms with Crippen molar-refractivity contribution in [2.75, 3.05) is 6.54 Å². The van der Waals surface area contributed by atoms with Gasteiger partial charge in [0, 0.05) is 41.4 Å². The predicted molar refractivity (Wildman–Crippen MR) is 140 cm³/mol. The Hall–Kier alpha value is -4.23. The third-order valence-corrected chi connectivity index (χ3v) is 7.16. The van der Waals surface area contributed by atoms with Gasteiger partial charge in [0.25, 0.3) is 5.91 Å². The molecular weight excluding hydrogens is 473 g/mol. The van der Waals surface area contributed by atoms with Gasteiger partial charge < -0.3 is 9.32 Å². The van der Waals surface area contributed by atoms with Crippen LogP contribution in [0.25, 0.3) is 27.0 Å². The van der Waals surface area contributed by atoms with Gasteiger partial charge in [0.1, 0.15) is 11.6 Å². The lowest BCUT2D eigenvalue weighted by Gasteiger charge is -2.22. The molecule has 0 unspecified atom stereocenters. The number of carbonyl (C=O) groups excluding carboxylic acids is 1. The van der Waals surface area contributed by atoms with E-state index >= 15 is 0 Å². The van der Waals surface area contributed by atoms with E-state index in [0.29, 0.717) is 25.1 Å². The average Bonchev–Trinajstić information content (AvgIpc) is 3.65. The molecule has 3 heterocycles. The maximum absolute atomic E-state index is 13.6. The van der Waals surface area contributed by atoms with Crippen molar-refractivity contribution in [3.05, 3.63) is 120 Å². The predicted octanol–water partition coefficient (Wildman–Crippen LogP) is 6.83. The van der Waals surface area contributed by atoms with Crippen molar-refractivity contribution in [1.82, 2.24) is 14.3 Å². The SMILES string of the molecule is O=C(c1ccc2ccccc2c1)N(CCc1csc2nc(-c3ccc(F)cc3)cn12)Cc1ccco1. The van der Waals surface area contributed by atoms with Gasteiger partial charge in [-0.15, -0.1) is 11.3 Å². The van der Waals surface area contributed by atoms with E-state index in [0.717, 1.165) is 38.4 Å². The van der Waals surface area contributed by atoms with Crippen LogP contribution >= 0.6 is 11.3 Å². The molecule has 0 atom stereocenters. The van der Waals surface area contributed by atoms with Crippen molar-refractivity contribution in [1.29, 1.82) is 0 Å². The van der Waals surface area contributed by atoms with Crippen molar-refractivity contribution in [2.45, 2.75) is 13.0 Å². The Morgan fingerprint density at radius 1 is 1.00 bits per heavy atom. The first kappa shape index (κ1) is 22.2. The highest BCUT2D eigenvalue weighted by Gasteiger charge is 2.19. The molecule has 0 aliphatic heterocycles. The van der Waals surface area contributed by atoms with Crippen LogP contribution in [-0.2, 0) is 13.0 Å². The number of rotatable bonds is 7. The zero-order valence-electron chi connectivity index (χ0n) is 19.3. The molecule has 0 fully saturated rings. The second kappa shape index (κ2) is 9.43. The summed E-state index contributed by atoms with van der Waals surface area (Å²) in [6.07, 6.45) is 4.24. The minimum atomic E-state index is -0.270. The molecule has 6 rings (SSSR count). The van der Waals surface area contributed by atoms with Crippen molar-refractivity contribution in [3.8, 4) is 11.3 Å². The molecule has 6 aromatic rings. The van der Waals surface area contributed by atoms with E-state index in [-0.39, 0.29) is 11.7 Å². The second-order valence-corrected chi connectivity index (χ2v) is 9.47. The number of hydrogen-bond acceptors (Lipinski definition) is 4. The van der Waals surface area contributed by atoms with Crippen LogP contribution in [0, 0.1) is 5.82 Å². The molecule has 3 aromatic carbocycles. The van der Waals surface area contributed by atoms with Crippen LogP contribution in [0.15, 0.2) is 101 Å². The summed E-state index contributed by atoms with van der Waals surface area (Å²) in [5.41, 5.74) is 3.37. The van der Waals surface area contributed by atoms with E-state index < -0.39 is 0 Å². The molecule has 0 bridgehead atoms. The lowest BCUT2D eigenvalue weighted by Crippen LogP contribution is -2.32. The summed E-state index contributed by atoms with van der Waals surface area (Å²) in [5, 5.41) is 4.21. The van der Waals surface area contributed by atoms with Gasteiger partial charge in [-0.3, -0.25) is 9.20 Å². The Morgan fingerprint density at radius 3 is 2.64 bits per heavy atom. The number of fused-ring (bicyclic) bond motifs is 2. The van der Waals surface area contributed by atoms with E-state index in [4.69, 9.17) is 9.40 Å². The maximum Gasteiger partial charge on any atom is 0.254 e. The summed E-state index contributed by atoms with van der Waals surface area (Å²) in [6.45, 7) is 0.902. The van der Waals surface area contributed by atoms with Crippen molar-refractivity contribution in [3.63, 3.8) is 0 Å². The number of halogens is 1. The number of nitrogens with zero attached hydrogens (tertiary/aromatic N) is 3. The molecule has 0 N–H and O–H groups in total. The second-order valence-electron chi connectivity index (χ2n) is 8.63. The first-order valence-electron chi connectivity index (χ1n) is 11.7. The molecular formula is C29H22FN3O2S. The van der Waals surface area contributed by atoms with Gasteiger partial charge in [0.15, 0.2) is 4.96 Å². The number of thiazole rings is 1. The summed E-state index contributed by atoms with van der Waals surface area (Å²) >= 11 is 1.55. The van der Waals surface area contributed by atoms with Crippen LogP contribution in [0.1, 0.15) is 21.8 Å². The largest absolute Gasteiger partial charge is 0.467 e. The summed E-state index contributed by atoms with van der Waals surface area (Å²) < 4.78 is 20.9. The Bertz CT molecular complexity index is 1650. The maximum atomic E-state index is 13.6. The molecule has 0 aliphatic carbocycles. The quantitative estimate of drug-likeness (QED) is 0.244. The van der Waals surface area contributed by atoms with Crippen molar-refractivity contribution in [2.24, 2.45) is 0 Å². The zero-order valence-corrected chi connectivity index (χ0v) is 20.1. The van der Waals surface area contributed by atoms with E-state index in [2.05, 4.69) is 9.78 Å². The first-order valence-corrected chi connectivity index (χ1v) is 12.5. The molecule has 0 aliphatic rings. The zero-order chi connectivity index (χ0) is 24.5. The van der Waals surface area contributed by atoms with Crippen LogP contribution in [-0.4, -0.2) is 26.7 Å². The van der Waals surface area contributed by atoms with E-state index in [9.17, 15) is 9.18 Å². The minimum Gasteiger partial charge on any atom is -0.467 e. The molecule has 3 aromatic heterocycles. The Balaban J connectivity index is 1.26. The van der Waals surface area contributed by atoms with Crippen molar-refractivity contribution >= 4 is 33.0 Å². The molecule has 0 saturated carbocycles. The standard InChI is InChI=1S/C29H22FN3O2S/c30-24-11-9-21(10-12-24)27-18-33-25(19-36-29(33)31-27)13-14-32(17-26-6-3-15-35-26)28(34)23-8-7-20-4-1-2-5-22(20)16-23/h1-12,15-16,18-19H,13-14,17H2. The van der Waals surface area contributed by atoms with Crippen LogP contribution in [0.5, 0.6) is 0 Å². The van der Waals surface area contributed by atoms with Gasteiger partial charge in [-0.25, -0.2) is 9.37 Å². The number of imidazole rings is 1. The van der Waals surface area contributed by atoms with Gasteiger partial charge >= 0.3 is 0 Å². The Morgan fingerprint density at radius 2 is 1.83 bits per heavy atom. The van der Waals surface area contributed by atoms with Crippen LogP contribution in [0.2, 0.25) is 0 Å². The number of benzene rings is 3. The fourth-order valence-electron chi connectivity index (χ4n) is 4.37. The Labute approximate surface area is 211 Å². The molecule has 7 heteroatoms. The molecule has 0 spiro atoms. The lowest BCUT2D eigenvalue weighted by molar-refractivity contribution is 0.0733. The summed E-state index contributed by atoms with van der Waals surface area (Å²) in [7, 11) is 0. The normalized spacial score (nSPS) is 11.4. The number of carbonyl (C=O) groups is 1. The van der Waals surface area contributed by atoms with Crippen molar-refractivity contribution < 1.29 is 13.6 Å². The Kier molecular flexibility index (Phi) is 5.83. The van der Waals surface area contributed by atoms with Crippen LogP contribution < -0.4 is 0 Å². The molecule has 5 nitrogen and oxygen atoms in total. The van der Waals surface area contributed by atoms with Gasteiger partial charge in [0.2, 0.25) is 0 Å². The van der Waals surface area contributed by atoms with Gasteiger partial charge in [-0.05, 0) is 59.3 Å². The fourth-order valence-corrected chi connectivity index (χ4v) is 5.27. The molecule has 178 valence electrons. The fraction of sp³-hybridized carbons (Fsp3) is 0.103. The minimum absolute atomic E-state index is 0.0405. The molecule has 0 saturated heterocycles. The number of aromatic nitrogens is 2. The number of furan rings is 1. The molecule has 0 radical (unpaired) electrons. The summed E-state index contributed by atoms with van der Waals surface area (Å²) in [5.74, 6) is 0.426. The van der Waals surface area contributed by atoms with Gasteiger partial charge in [0.05, 0.1) is 18.5 Å². The monoisotopic (exact) mass is 495 g/mol. The number of amides is 1. The molecule has 1 amide bonds. The summed E-state index contributed by atoms with van der Waals surface area (Å²) in [4.78, 5) is 21.0. The van der Waals surface area contributed by atoms with Crippen LogP contribution in [0.3, 0.4) is 0 Å². The van der Waals surface area contributed by atoms with Gasteiger partial charge in [-0.1, -0.05) is 30.3 Å². The topological polar surface area (TPSA) is 50.8 Å².